The zero-order chi connectivity index (χ0) is 24.7. The van der Waals surface area contributed by atoms with Crippen LogP contribution in [0.3, 0.4) is 0 Å². The van der Waals surface area contributed by atoms with E-state index in [0.29, 0.717) is 11.1 Å². The summed E-state index contributed by atoms with van der Waals surface area (Å²) >= 11 is 0. The first-order valence-electron chi connectivity index (χ1n) is 11.1. The number of halogens is 1. The molecule has 180 valence electrons. The van der Waals surface area contributed by atoms with Crippen LogP contribution in [0.5, 0.6) is 0 Å². The van der Waals surface area contributed by atoms with E-state index in [1.807, 2.05) is 27.7 Å². The fraction of sp³-hybridized carbons (Fsp3) is 0.462. The van der Waals surface area contributed by atoms with E-state index in [2.05, 4.69) is 4.74 Å². The molecule has 2 rings (SSSR count). The first-order chi connectivity index (χ1) is 15.6. The number of rotatable bonds is 10. The largest absolute Gasteiger partial charge is 0.469 e. The molecule has 1 heterocycles. The Morgan fingerprint density at radius 2 is 1.70 bits per heavy atom. The van der Waals surface area contributed by atoms with Gasteiger partial charge in [0.15, 0.2) is 0 Å². The Balaban J connectivity index is 2.60. The minimum atomic E-state index is -1.05. The lowest BCUT2D eigenvalue weighted by atomic mass is 9.87. The van der Waals surface area contributed by atoms with Crippen molar-refractivity contribution >= 4 is 12.0 Å². The molecule has 6 nitrogen and oxygen atoms in total. The molecular formula is C26H34FNO5. The number of nitrogens with zero attached hydrogens (tertiary/aromatic N) is 1. The van der Waals surface area contributed by atoms with Crippen LogP contribution in [0.4, 0.5) is 4.39 Å². The van der Waals surface area contributed by atoms with Crippen molar-refractivity contribution < 1.29 is 29.2 Å². The van der Waals surface area contributed by atoms with Gasteiger partial charge in [-0.05, 0) is 35.1 Å². The van der Waals surface area contributed by atoms with E-state index in [-0.39, 0.29) is 37.1 Å². The third-order valence-electron chi connectivity index (χ3n) is 5.41. The van der Waals surface area contributed by atoms with Crippen LogP contribution in [0.2, 0.25) is 0 Å². The number of hydrogen-bond acceptors (Lipinski definition) is 6. The summed E-state index contributed by atoms with van der Waals surface area (Å²) in [7, 11) is 1.24. The Hall–Kier alpha value is -2.61. The lowest BCUT2D eigenvalue weighted by Gasteiger charge is -2.23. The molecule has 1 aromatic carbocycles. The van der Waals surface area contributed by atoms with Crippen molar-refractivity contribution in [3.05, 3.63) is 58.7 Å². The topological polar surface area (TPSA) is 99.9 Å². The van der Waals surface area contributed by atoms with E-state index < -0.39 is 18.2 Å². The highest BCUT2D eigenvalue weighted by molar-refractivity contribution is 5.80. The van der Waals surface area contributed by atoms with E-state index in [9.17, 15) is 24.5 Å². The molecular weight excluding hydrogens is 425 g/mol. The lowest BCUT2D eigenvalue weighted by Crippen LogP contribution is -2.20. The van der Waals surface area contributed by atoms with Crippen molar-refractivity contribution in [2.75, 3.05) is 7.11 Å². The molecule has 0 spiro atoms. The summed E-state index contributed by atoms with van der Waals surface area (Å²) < 4.78 is 18.2. The van der Waals surface area contributed by atoms with Gasteiger partial charge in [0.25, 0.3) is 0 Å². The number of carbonyl (C=O) groups is 1. The van der Waals surface area contributed by atoms with Gasteiger partial charge in [-0.2, -0.15) is 0 Å². The van der Waals surface area contributed by atoms with Crippen LogP contribution in [0.1, 0.15) is 74.9 Å². The van der Waals surface area contributed by atoms with Gasteiger partial charge in [-0.25, -0.2) is 4.39 Å². The van der Waals surface area contributed by atoms with Crippen molar-refractivity contribution in [1.82, 2.24) is 4.98 Å². The van der Waals surface area contributed by atoms with Crippen molar-refractivity contribution in [3.8, 4) is 11.1 Å². The number of benzene rings is 1. The molecule has 0 radical (unpaired) electrons. The molecule has 33 heavy (non-hydrogen) atoms. The van der Waals surface area contributed by atoms with Gasteiger partial charge in [0.1, 0.15) is 5.82 Å². The summed E-state index contributed by atoms with van der Waals surface area (Å²) in [5.74, 6) is -0.823. The van der Waals surface area contributed by atoms with Crippen LogP contribution in [-0.4, -0.2) is 45.6 Å². The molecule has 0 saturated carbocycles. The Morgan fingerprint density at radius 3 is 2.21 bits per heavy atom. The minimum absolute atomic E-state index is 0.0381. The number of ether oxygens (including phenoxy) is 1. The fourth-order valence-corrected chi connectivity index (χ4v) is 3.79. The molecule has 0 aliphatic heterocycles. The highest BCUT2D eigenvalue weighted by Crippen LogP contribution is 2.37. The Bertz CT molecular complexity index is 970. The summed E-state index contributed by atoms with van der Waals surface area (Å²) in [5, 5.41) is 30.7. The van der Waals surface area contributed by atoms with E-state index in [1.54, 1.807) is 18.2 Å². The maximum absolute atomic E-state index is 13.6. The first kappa shape index (κ1) is 26.6. The number of pyridine rings is 1. The van der Waals surface area contributed by atoms with Gasteiger partial charge in [-0.3, -0.25) is 9.78 Å². The monoisotopic (exact) mass is 459 g/mol. The molecule has 0 amide bonds. The predicted molar refractivity (Wildman–Crippen MR) is 126 cm³/mol. The van der Waals surface area contributed by atoms with Crippen LogP contribution in [-0.2, 0) is 16.1 Å². The van der Waals surface area contributed by atoms with Gasteiger partial charge in [0.2, 0.25) is 0 Å². The smallest absolute Gasteiger partial charge is 0.308 e. The standard InChI is InChI=1S/C26H34FNO5/c1-15(2)25-21(11-10-19(30)12-20(31)13-23(32)33-5)24(17-6-8-18(27)9-7-17)22(14-29)26(28-25)16(3)4/h6-11,15-16,19-20,29-31H,12-14H2,1-5H3/b11-10+/t19-,20-/m1/s1. The van der Waals surface area contributed by atoms with Crippen molar-refractivity contribution in [2.45, 2.75) is 71.2 Å². The van der Waals surface area contributed by atoms with Gasteiger partial charge in [0.05, 0.1) is 38.0 Å². The maximum atomic E-state index is 13.6. The van der Waals surface area contributed by atoms with E-state index in [1.165, 1.54) is 25.3 Å². The van der Waals surface area contributed by atoms with Gasteiger partial charge >= 0.3 is 5.97 Å². The number of hydrogen-bond donors (Lipinski definition) is 3. The third kappa shape index (κ3) is 6.93. The van der Waals surface area contributed by atoms with E-state index >= 15 is 0 Å². The van der Waals surface area contributed by atoms with Crippen LogP contribution in [0.25, 0.3) is 17.2 Å². The Morgan fingerprint density at radius 1 is 1.09 bits per heavy atom. The molecule has 0 bridgehead atoms. The second-order valence-electron chi connectivity index (χ2n) is 8.72. The molecule has 7 heteroatoms. The van der Waals surface area contributed by atoms with Gasteiger partial charge < -0.3 is 20.1 Å². The fourth-order valence-electron chi connectivity index (χ4n) is 3.79. The summed E-state index contributed by atoms with van der Waals surface area (Å²) in [5.41, 5.74) is 4.39. The Kier molecular flexibility index (Phi) is 9.70. The molecule has 2 aromatic rings. The lowest BCUT2D eigenvalue weighted by molar-refractivity contribution is -0.143. The average molecular weight is 460 g/mol. The summed E-state index contributed by atoms with van der Waals surface area (Å²) in [6.45, 7) is 7.78. The van der Waals surface area contributed by atoms with Gasteiger partial charge in [0, 0.05) is 23.2 Å². The zero-order valence-corrected chi connectivity index (χ0v) is 19.9. The minimum Gasteiger partial charge on any atom is -0.469 e. The number of aliphatic hydroxyl groups excluding tert-OH is 3. The molecule has 3 N–H and O–H groups in total. The Labute approximate surface area is 194 Å². The number of methoxy groups -OCH3 is 1. The van der Waals surface area contributed by atoms with Crippen molar-refractivity contribution in [3.63, 3.8) is 0 Å². The van der Waals surface area contributed by atoms with E-state index in [4.69, 9.17) is 4.98 Å². The SMILES string of the molecule is COC(=O)C[C@H](O)C[C@H](O)/C=C/c1c(C(C)C)nc(C(C)C)c(CO)c1-c1ccc(F)cc1. The first-order valence-corrected chi connectivity index (χ1v) is 11.1. The van der Waals surface area contributed by atoms with Gasteiger partial charge in [-0.1, -0.05) is 52.0 Å². The molecule has 1 aromatic heterocycles. The zero-order valence-electron chi connectivity index (χ0n) is 19.9. The quantitative estimate of drug-likeness (QED) is 0.458. The number of aliphatic hydroxyl groups is 3. The number of aromatic nitrogens is 1. The number of carbonyl (C=O) groups excluding carboxylic acids is 1. The maximum Gasteiger partial charge on any atom is 0.308 e. The van der Waals surface area contributed by atoms with Crippen LogP contribution >= 0.6 is 0 Å². The van der Waals surface area contributed by atoms with Crippen LogP contribution in [0, 0.1) is 5.82 Å². The number of esters is 1. The summed E-state index contributed by atoms with van der Waals surface area (Å²) in [6.07, 6.45) is 0.935. The summed E-state index contributed by atoms with van der Waals surface area (Å²) in [6, 6.07) is 6.05. The highest BCUT2D eigenvalue weighted by Gasteiger charge is 2.23. The third-order valence-corrected chi connectivity index (χ3v) is 5.41. The van der Waals surface area contributed by atoms with E-state index in [0.717, 1.165) is 22.5 Å². The molecule has 2 atom stereocenters. The highest BCUT2D eigenvalue weighted by atomic mass is 19.1. The average Bonchev–Trinajstić information content (AvgIpc) is 2.76. The summed E-state index contributed by atoms with van der Waals surface area (Å²) in [4.78, 5) is 16.2. The van der Waals surface area contributed by atoms with Gasteiger partial charge in [-0.15, -0.1) is 0 Å². The second-order valence-corrected chi connectivity index (χ2v) is 8.72. The molecule has 0 unspecified atom stereocenters. The molecule has 0 aliphatic carbocycles. The van der Waals surface area contributed by atoms with Crippen molar-refractivity contribution in [2.24, 2.45) is 0 Å². The normalized spacial score (nSPS) is 13.7. The van der Waals surface area contributed by atoms with Crippen LogP contribution < -0.4 is 0 Å². The van der Waals surface area contributed by atoms with Crippen molar-refractivity contribution in [1.29, 1.82) is 0 Å². The molecule has 0 fully saturated rings. The predicted octanol–water partition coefficient (Wildman–Crippen LogP) is 4.32. The second kappa shape index (κ2) is 12.0. The molecule has 0 aliphatic rings. The molecule has 0 saturated heterocycles. The van der Waals surface area contributed by atoms with Crippen LogP contribution in [0.15, 0.2) is 30.3 Å².